The average Bonchev–Trinajstić information content (AvgIpc) is 3.09. The normalized spacial score (nSPS) is 14.0. The van der Waals surface area contributed by atoms with E-state index in [0.29, 0.717) is 40.7 Å². The van der Waals surface area contributed by atoms with Crippen LogP contribution in [0.2, 0.25) is 5.02 Å². The molecule has 2 heterocycles. The number of thiazole rings is 1. The molecule has 2 aromatic rings. The number of likely N-dealkylation sites (N-methyl/N-ethyl adjacent to an activating group) is 1. The van der Waals surface area contributed by atoms with Crippen LogP contribution >= 0.6 is 22.9 Å². The Kier molecular flexibility index (Phi) is 12.8. The summed E-state index contributed by atoms with van der Waals surface area (Å²) in [7, 11) is 3.62. The molecule has 0 aliphatic heterocycles. The minimum absolute atomic E-state index is 0.0406. The number of nitrogens with zero attached hydrogens (tertiary/aromatic N) is 2. The van der Waals surface area contributed by atoms with Gasteiger partial charge in [0.05, 0.1) is 19.8 Å². The first-order chi connectivity index (χ1) is 14.4. The second-order valence-electron chi connectivity index (χ2n) is 6.60. The van der Waals surface area contributed by atoms with Crippen molar-refractivity contribution in [3.8, 4) is 11.1 Å². The van der Waals surface area contributed by atoms with Crippen molar-refractivity contribution in [3.63, 3.8) is 0 Å². The van der Waals surface area contributed by atoms with E-state index in [1.165, 1.54) is 24.7 Å². The first-order valence-corrected chi connectivity index (χ1v) is 11.1. The molecule has 7 nitrogen and oxygen atoms in total. The van der Waals surface area contributed by atoms with E-state index >= 15 is 0 Å². The quantitative estimate of drug-likeness (QED) is 0.576. The van der Waals surface area contributed by atoms with Crippen LogP contribution in [0.1, 0.15) is 40.0 Å². The van der Waals surface area contributed by atoms with E-state index in [2.05, 4.69) is 22.2 Å². The van der Waals surface area contributed by atoms with E-state index in [0.717, 1.165) is 25.7 Å². The van der Waals surface area contributed by atoms with Gasteiger partial charge in [-0.15, -0.1) is 0 Å². The van der Waals surface area contributed by atoms with Crippen LogP contribution in [0.5, 0.6) is 11.1 Å². The van der Waals surface area contributed by atoms with E-state index in [1.54, 1.807) is 7.11 Å². The van der Waals surface area contributed by atoms with Gasteiger partial charge in [-0.25, -0.2) is 0 Å². The standard InChI is InChI=1S/C13H14ClFN2O2S.C5H13NO.C2H4O/c1-2-18-13-16-10-8(14)9(15)11(17-12(10)20-13)19-6-7-4-3-5-7;1-5(6-2)4-7-3;1-2-3/h7H,2-6H2,1H3;5-6H,4H2,1-3H3;2H,1H3. The lowest BCUT2D eigenvalue weighted by Gasteiger charge is -2.24. The Hall–Kier alpha value is -1.55. The lowest BCUT2D eigenvalue weighted by Crippen LogP contribution is -2.25. The molecule has 1 fully saturated rings. The van der Waals surface area contributed by atoms with Gasteiger partial charge in [-0.2, -0.15) is 14.4 Å². The molecule has 0 bridgehead atoms. The number of hydrogen-bond donors (Lipinski definition) is 1. The van der Waals surface area contributed by atoms with Crippen molar-refractivity contribution in [2.75, 3.05) is 34.0 Å². The Morgan fingerprint density at radius 1 is 1.37 bits per heavy atom. The van der Waals surface area contributed by atoms with Crippen LogP contribution in [-0.4, -0.2) is 56.3 Å². The molecule has 3 rings (SSSR count). The van der Waals surface area contributed by atoms with Gasteiger partial charge in [0.1, 0.15) is 16.8 Å². The number of hydrogen-bond acceptors (Lipinski definition) is 8. The number of halogens is 2. The molecule has 0 radical (unpaired) electrons. The van der Waals surface area contributed by atoms with Gasteiger partial charge in [-0.3, -0.25) is 0 Å². The highest BCUT2D eigenvalue weighted by Gasteiger charge is 2.22. The third-order valence-corrected chi connectivity index (χ3v) is 5.45. The van der Waals surface area contributed by atoms with Crippen LogP contribution in [0.25, 0.3) is 10.3 Å². The summed E-state index contributed by atoms with van der Waals surface area (Å²) in [6.45, 7) is 7.14. The van der Waals surface area contributed by atoms with Crippen LogP contribution in [0.4, 0.5) is 4.39 Å². The summed E-state index contributed by atoms with van der Waals surface area (Å²) in [5.41, 5.74) is 0.327. The van der Waals surface area contributed by atoms with E-state index in [-0.39, 0.29) is 10.9 Å². The summed E-state index contributed by atoms with van der Waals surface area (Å²) in [5, 5.41) is 3.42. The number of nitrogens with one attached hydrogen (secondary N) is 1. The first-order valence-electron chi connectivity index (χ1n) is 9.88. The number of carbonyl (C=O) groups excluding carboxylic acids is 1. The predicted octanol–water partition coefficient (Wildman–Crippen LogP) is 4.51. The zero-order valence-electron chi connectivity index (χ0n) is 18.2. The number of fused-ring (bicyclic) bond motifs is 1. The fourth-order valence-electron chi connectivity index (χ4n) is 2.32. The Bertz CT molecular complexity index is 774. The molecule has 1 N–H and O–H groups in total. The fraction of sp³-hybridized carbons (Fsp3) is 0.650. The maximum Gasteiger partial charge on any atom is 0.275 e. The Morgan fingerprint density at radius 3 is 2.50 bits per heavy atom. The Balaban J connectivity index is 0.000000380. The monoisotopic (exact) mass is 463 g/mol. The Labute approximate surface area is 186 Å². The first kappa shape index (κ1) is 26.5. The van der Waals surface area contributed by atoms with E-state index in [4.69, 9.17) is 30.6 Å². The number of rotatable bonds is 8. The summed E-state index contributed by atoms with van der Waals surface area (Å²) in [6, 6.07) is 0.477. The third kappa shape index (κ3) is 8.29. The number of aromatic nitrogens is 2. The fourth-order valence-corrected chi connectivity index (χ4v) is 3.44. The molecule has 170 valence electrons. The molecule has 1 unspecified atom stereocenters. The molecule has 0 saturated heterocycles. The van der Waals surface area contributed by atoms with E-state index in [1.807, 2.05) is 14.0 Å². The molecular weight excluding hydrogens is 433 g/mol. The lowest BCUT2D eigenvalue weighted by atomic mass is 9.86. The zero-order valence-corrected chi connectivity index (χ0v) is 19.7. The van der Waals surface area contributed by atoms with Gasteiger partial charge in [0.2, 0.25) is 5.82 Å². The highest BCUT2D eigenvalue weighted by atomic mass is 35.5. The van der Waals surface area contributed by atoms with Crippen molar-refractivity contribution in [2.45, 2.75) is 46.1 Å². The summed E-state index contributed by atoms with van der Waals surface area (Å²) >= 11 is 7.24. The van der Waals surface area contributed by atoms with Crippen LogP contribution in [0, 0.1) is 11.7 Å². The molecule has 0 amide bonds. The maximum atomic E-state index is 14.1. The minimum Gasteiger partial charge on any atom is -0.475 e. The van der Waals surface area contributed by atoms with E-state index < -0.39 is 5.82 Å². The second-order valence-corrected chi connectivity index (χ2v) is 7.92. The number of carbonyl (C=O) groups is 1. The second kappa shape index (κ2) is 14.5. The molecule has 1 aliphatic carbocycles. The maximum absolute atomic E-state index is 14.1. The van der Waals surface area contributed by atoms with Gasteiger partial charge in [-0.05, 0) is 46.6 Å². The van der Waals surface area contributed by atoms with Crippen molar-refractivity contribution in [3.05, 3.63) is 10.8 Å². The number of ether oxygens (including phenoxy) is 3. The van der Waals surface area contributed by atoms with Gasteiger partial charge in [0.15, 0.2) is 4.83 Å². The smallest absolute Gasteiger partial charge is 0.275 e. The molecule has 1 aliphatic rings. The predicted molar refractivity (Wildman–Crippen MR) is 119 cm³/mol. The van der Waals surface area contributed by atoms with Crippen LogP contribution in [-0.2, 0) is 9.53 Å². The Morgan fingerprint density at radius 2 is 2.03 bits per heavy atom. The van der Waals surface area contributed by atoms with Crippen molar-refractivity contribution < 1.29 is 23.4 Å². The zero-order chi connectivity index (χ0) is 22.5. The van der Waals surface area contributed by atoms with Gasteiger partial charge >= 0.3 is 0 Å². The third-order valence-electron chi connectivity index (χ3n) is 4.24. The number of methoxy groups -OCH3 is 1. The van der Waals surface area contributed by atoms with Crippen molar-refractivity contribution >= 4 is 39.6 Å². The van der Waals surface area contributed by atoms with E-state index in [9.17, 15) is 4.39 Å². The summed E-state index contributed by atoms with van der Waals surface area (Å²) in [5.74, 6) is -0.181. The van der Waals surface area contributed by atoms with Crippen molar-refractivity contribution in [1.29, 1.82) is 0 Å². The molecule has 1 saturated carbocycles. The van der Waals surface area contributed by atoms with Crippen molar-refractivity contribution in [2.24, 2.45) is 5.92 Å². The largest absolute Gasteiger partial charge is 0.475 e. The minimum atomic E-state index is -0.646. The van der Waals surface area contributed by atoms with Crippen molar-refractivity contribution in [1.82, 2.24) is 15.3 Å². The number of pyridine rings is 1. The molecule has 30 heavy (non-hydrogen) atoms. The van der Waals surface area contributed by atoms with Crippen LogP contribution in [0.3, 0.4) is 0 Å². The molecule has 1 atom stereocenters. The molecule has 0 spiro atoms. The van der Waals surface area contributed by atoms with Crippen LogP contribution < -0.4 is 14.8 Å². The summed E-state index contributed by atoms with van der Waals surface area (Å²) in [6.07, 6.45) is 4.23. The highest BCUT2D eigenvalue weighted by molar-refractivity contribution is 7.19. The number of aldehydes is 1. The van der Waals surface area contributed by atoms with Crippen LogP contribution in [0.15, 0.2) is 0 Å². The molecular formula is C20H31ClFN3O4S. The highest BCUT2D eigenvalue weighted by Crippen LogP contribution is 2.36. The van der Waals surface area contributed by atoms with Gasteiger partial charge in [0.25, 0.3) is 11.1 Å². The summed E-state index contributed by atoms with van der Waals surface area (Å²) < 4.78 is 29.7. The molecule has 0 aromatic carbocycles. The summed E-state index contributed by atoms with van der Waals surface area (Å²) in [4.78, 5) is 17.6. The lowest BCUT2D eigenvalue weighted by molar-refractivity contribution is -0.106. The SMILES string of the molecule is CC=O.CCOc1nc2c(Cl)c(F)c(OCC3CCC3)nc2s1.CNC(C)COC. The average molecular weight is 464 g/mol. The molecule has 2 aromatic heterocycles. The van der Waals surface area contributed by atoms with Gasteiger partial charge in [0, 0.05) is 13.2 Å². The topological polar surface area (TPSA) is 82.6 Å². The molecule has 10 heteroatoms. The van der Waals surface area contributed by atoms with Gasteiger partial charge in [-0.1, -0.05) is 29.4 Å². The van der Waals surface area contributed by atoms with Gasteiger partial charge < -0.3 is 24.3 Å².